The van der Waals surface area contributed by atoms with Gasteiger partial charge in [-0.05, 0) is 64.5 Å². The summed E-state index contributed by atoms with van der Waals surface area (Å²) < 4.78 is 13.8. The molecule has 1 aliphatic rings. The summed E-state index contributed by atoms with van der Waals surface area (Å²) in [5, 5.41) is 0. The third-order valence-electron chi connectivity index (χ3n) is 4.00. The monoisotopic (exact) mass is 334 g/mol. The van der Waals surface area contributed by atoms with Crippen molar-refractivity contribution in [3.63, 3.8) is 0 Å². The summed E-state index contributed by atoms with van der Waals surface area (Å²) >= 11 is 3.22. The maximum absolute atomic E-state index is 13.3. The van der Waals surface area contributed by atoms with E-state index in [-0.39, 0.29) is 17.8 Å². The van der Waals surface area contributed by atoms with E-state index in [1.54, 1.807) is 12.1 Å². The van der Waals surface area contributed by atoms with E-state index in [0.29, 0.717) is 4.47 Å². The summed E-state index contributed by atoms with van der Waals surface area (Å²) in [6.07, 6.45) is 5.05. The molecule has 1 aromatic heterocycles. The molecule has 0 bridgehead atoms. The van der Waals surface area contributed by atoms with Gasteiger partial charge in [-0.15, -0.1) is 0 Å². The Hall–Kier alpha value is -1.26. The molecule has 0 fully saturated rings. The van der Waals surface area contributed by atoms with Crippen molar-refractivity contribution in [1.82, 2.24) is 4.98 Å². The number of benzene rings is 1. The van der Waals surface area contributed by atoms with Gasteiger partial charge in [0, 0.05) is 23.9 Å². The predicted octanol–water partition coefficient (Wildman–Crippen LogP) is 4.10. The van der Waals surface area contributed by atoms with Crippen LogP contribution < -0.4 is 5.73 Å². The zero-order chi connectivity index (χ0) is 14.1. The minimum atomic E-state index is -0.261. The molecule has 0 saturated heterocycles. The Balaban J connectivity index is 1.95. The van der Waals surface area contributed by atoms with Crippen molar-refractivity contribution in [2.45, 2.75) is 31.2 Å². The van der Waals surface area contributed by atoms with Gasteiger partial charge in [0.1, 0.15) is 5.82 Å². The van der Waals surface area contributed by atoms with Gasteiger partial charge in [-0.3, -0.25) is 4.98 Å². The van der Waals surface area contributed by atoms with E-state index in [4.69, 9.17) is 5.73 Å². The number of nitrogens with two attached hydrogens (primary N) is 1. The van der Waals surface area contributed by atoms with Crippen molar-refractivity contribution in [2.24, 2.45) is 5.73 Å². The smallest absolute Gasteiger partial charge is 0.137 e. The number of halogens is 2. The van der Waals surface area contributed by atoms with Gasteiger partial charge in [-0.1, -0.05) is 12.1 Å². The third kappa shape index (κ3) is 2.50. The molecule has 1 heterocycles. The van der Waals surface area contributed by atoms with Crippen molar-refractivity contribution < 1.29 is 4.39 Å². The van der Waals surface area contributed by atoms with Gasteiger partial charge in [0.25, 0.3) is 0 Å². The molecular formula is C16H16BrFN2. The van der Waals surface area contributed by atoms with Crippen molar-refractivity contribution in [2.75, 3.05) is 0 Å². The molecule has 1 aliphatic carbocycles. The van der Waals surface area contributed by atoms with Gasteiger partial charge in [-0.25, -0.2) is 4.39 Å². The van der Waals surface area contributed by atoms with Crippen molar-refractivity contribution in [3.8, 4) is 0 Å². The average Bonchev–Trinajstić information content (AvgIpc) is 2.49. The van der Waals surface area contributed by atoms with Crippen LogP contribution in [0.1, 0.15) is 41.6 Å². The Morgan fingerprint density at radius 3 is 3.00 bits per heavy atom. The van der Waals surface area contributed by atoms with Gasteiger partial charge >= 0.3 is 0 Å². The lowest BCUT2D eigenvalue weighted by atomic mass is 9.80. The normalized spacial score (nSPS) is 19.4. The lowest BCUT2D eigenvalue weighted by molar-refractivity contribution is 0.462. The van der Waals surface area contributed by atoms with Crippen LogP contribution in [-0.2, 0) is 6.42 Å². The van der Waals surface area contributed by atoms with E-state index in [0.717, 1.165) is 30.5 Å². The third-order valence-corrected chi connectivity index (χ3v) is 4.61. The first-order valence-electron chi connectivity index (χ1n) is 6.81. The van der Waals surface area contributed by atoms with Crippen LogP contribution in [0.25, 0.3) is 0 Å². The van der Waals surface area contributed by atoms with Crippen molar-refractivity contribution in [3.05, 3.63) is 63.6 Å². The molecule has 0 spiro atoms. The Labute approximate surface area is 126 Å². The van der Waals surface area contributed by atoms with E-state index < -0.39 is 0 Å². The zero-order valence-electron chi connectivity index (χ0n) is 11.0. The summed E-state index contributed by atoms with van der Waals surface area (Å²) in [6.45, 7) is 0. The first kappa shape index (κ1) is 13.7. The van der Waals surface area contributed by atoms with Crippen LogP contribution in [0.15, 0.2) is 41.0 Å². The second-order valence-corrected chi connectivity index (χ2v) is 6.10. The topological polar surface area (TPSA) is 38.9 Å². The minimum Gasteiger partial charge on any atom is -0.323 e. The van der Waals surface area contributed by atoms with E-state index in [9.17, 15) is 4.39 Å². The van der Waals surface area contributed by atoms with Gasteiger partial charge < -0.3 is 5.73 Å². The lowest BCUT2D eigenvalue weighted by Crippen LogP contribution is -2.24. The molecule has 3 rings (SSSR count). The molecule has 1 aromatic carbocycles. The lowest BCUT2D eigenvalue weighted by Gasteiger charge is -2.29. The number of pyridine rings is 1. The molecule has 2 unspecified atom stereocenters. The molecule has 104 valence electrons. The van der Waals surface area contributed by atoms with E-state index in [1.165, 1.54) is 11.6 Å². The van der Waals surface area contributed by atoms with Crippen molar-refractivity contribution in [1.29, 1.82) is 0 Å². The summed E-state index contributed by atoms with van der Waals surface area (Å²) in [5.74, 6) is -0.0552. The fourth-order valence-corrected chi connectivity index (χ4v) is 3.34. The number of hydrogen-bond acceptors (Lipinski definition) is 2. The first-order valence-corrected chi connectivity index (χ1v) is 7.60. The molecule has 0 saturated carbocycles. The van der Waals surface area contributed by atoms with Gasteiger partial charge in [-0.2, -0.15) is 0 Å². The number of rotatable bonds is 2. The van der Waals surface area contributed by atoms with E-state index >= 15 is 0 Å². The highest BCUT2D eigenvalue weighted by Crippen LogP contribution is 2.38. The van der Waals surface area contributed by atoms with E-state index in [1.807, 2.05) is 12.3 Å². The molecular weight excluding hydrogens is 319 g/mol. The summed E-state index contributed by atoms with van der Waals surface area (Å²) in [4.78, 5) is 4.52. The van der Waals surface area contributed by atoms with E-state index in [2.05, 4.69) is 27.0 Å². The largest absolute Gasteiger partial charge is 0.323 e. The van der Waals surface area contributed by atoms with Crippen LogP contribution in [0.2, 0.25) is 0 Å². The second-order valence-electron chi connectivity index (χ2n) is 5.25. The average molecular weight is 335 g/mol. The standard InChI is InChI=1S/C16H16BrFN2/c17-13-9-11(6-7-14(13)18)15(19)12-5-1-3-10-4-2-8-20-16(10)12/h2,4,6-9,12,15H,1,3,5,19H2. The fraction of sp³-hybridized carbons (Fsp3) is 0.312. The van der Waals surface area contributed by atoms with Gasteiger partial charge in [0.2, 0.25) is 0 Å². The molecule has 0 radical (unpaired) electrons. The fourth-order valence-electron chi connectivity index (χ4n) is 2.95. The Morgan fingerprint density at radius 1 is 1.35 bits per heavy atom. The predicted molar refractivity (Wildman–Crippen MR) is 80.9 cm³/mol. The first-order chi connectivity index (χ1) is 9.66. The number of hydrogen-bond donors (Lipinski definition) is 1. The van der Waals surface area contributed by atoms with Gasteiger partial charge in [0.05, 0.1) is 4.47 Å². The molecule has 20 heavy (non-hydrogen) atoms. The summed E-state index contributed by atoms with van der Waals surface area (Å²) in [5.41, 5.74) is 9.76. The Morgan fingerprint density at radius 2 is 2.20 bits per heavy atom. The van der Waals surface area contributed by atoms with Crippen LogP contribution in [0.3, 0.4) is 0 Å². The minimum absolute atomic E-state index is 0.152. The maximum atomic E-state index is 13.3. The van der Waals surface area contributed by atoms with Crippen LogP contribution in [-0.4, -0.2) is 4.98 Å². The summed E-state index contributed by atoms with van der Waals surface area (Å²) in [7, 11) is 0. The molecule has 2 nitrogen and oxygen atoms in total. The maximum Gasteiger partial charge on any atom is 0.137 e. The SMILES string of the molecule is NC(c1ccc(F)c(Br)c1)C1CCCc2cccnc21. The number of aromatic nitrogens is 1. The number of aryl methyl sites for hydroxylation is 1. The molecule has 2 atom stereocenters. The molecule has 0 amide bonds. The Bertz CT molecular complexity index is 630. The molecule has 4 heteroatoms. The quantitative estimate of drug-likeness (QED) is 0.897. The van der Waals surface area contributed by atoms with Crippen LogP contribution >= 0.6 is 15.9 Å². The highest BCUT2D eigenvalue weighted by Gasteiger charge is 2.27. The number of nitrogens with zero attached hydrogens (tertiary/aromatic N) is 1. The molecule has 2 N–H and O–H groups in total. The van der Waals surface area contributed by atoms with Crippen LogP contribution in [0.4, 0.5) is 4.39 Å². The zero-order valence-corrected chi connectivity index (χ0v) is 12.6. The highest BCUT2D eigenvalue weighted by molar-refractivity contribution is 9.10. The number of fused-ring (bicyclic) bond motifs is 1. The highest BCUT2D eigenvalue weighted by atomic mass is 79.9. The van der Waals surface area contributed by atoms with Crippen LogP contribution in [0, 0.1) is 5.82 Å². The second kappa shape index (κ2) is 5.62. The molecule has 0 aliphatic heterocycles. The summed E-state index contributed by atoms with van der Waals surface area (Å²) in [6, 6.07) is 8.95. The van der Waals surface area contributed by atoms with Gasteiger partial charge in [0.15, 0.2) is 0 Å². The van der Waals surface area contributed by atoms with Crippen LogP contribution in [0.5, 0.6) is 0 Å². The Kier molecular flexibility index (Phi) is 3.85. The molecule has 2 aromatic rings. The van der Waals surface area contributed by atoms with Crippen molar-refractivity contribution >= 4 is 15.9 Å².